The molecule has 0 aromatic carbocycles. The highest BCUT2D eigenvalue weighted by Gasteiger charge is 2.08. The summed E-state index contributed by atoms with van der Waals surface area (Å²) in [6.45, 7) is 9.48. The fourth-order valence-corrected chi connectivity index (χ4v) is 1.10. The zero-order valence-electron chi connectivity index (χ0n) is 7.84. The average molecular weight is 171 g/mol. The Morgan fingerprint density at radius 2 is 1.67 bits per heavy atom. The Labute approximate surface area is 73.7 Å². The molecule has 1 fully saturated rings. The van der Waals surface area contributed by atoms with Gasteiger partial charge < -0.3 is 10.0 Å². The first kappa shape index (κ1) is 11.0. The van der Waals surface area contributed by atoms with Crippen molar-refractivity contribution < 1.29 is 9.90 Å². The zero-order chi connectivity index (χ0) is 9.56. The number of carbonyl (C=O) groups is 1. The lowest BCUT2D eigenvalue weighted by Crippen LogP contribution is -2.15. The van der Waals surface area contributed by atoms with E-state index in [-0.39, 0.29) is 0 Å². The molecule has 0 aliphatic carbocycles. The largest absolute Gasteiger partial charge is 0.481 e. The minimum atomic E-state index is -0.833. The Hall–Kier alpha value is -0.990. The molecule has 0 atom stereocenters. The van der Waals surface area contributed by atoms with E-state index in [4.69, 9.17) is 9.90 Å². The highest BCUT2D eigenvalue weighted by molar-refractivity contribution is 5.62. The first-order chi connectivity index (χ1) is 5.54. The van der Waals surface area contributed by atoms with Gasteiger partial charge in [0.05, 0.1) is 0 Å². The van der Waals surface area contributed by atoms with Crippen molar-refractivity contribution in [2.45, 2.75) is 26.7 Å². The minimum absolute atomic E-state index is 0.833. The van der Waals surface area contributed by atoms with Crippen LogP contribution in [0.5, 0.6) is 0 Å². The Morgan fingerprint density at radius 3 is 1.83 bits per heavy atom. The van der Waals surface area contributed by atoms with E-state index in [1.807, 2.05) is 0 Å². The second kappa shape index (κ2) is 5.63. The summed E-state index contributed by atoms with van der Waals surface area (Å²) >= 11 is 0. The lowest BCUT2D eigenvalue weighted by atomic mass is 10.4. The molecule has 1 N–H and O–H groups in total. The number of hydrogen-bond acceptors (Lipinski definition) is 2. The molecule has 0 amide bonds. The molecule has 70 valence electrons. The lowest BCUT2D eigenvalue weighted by molar-refractivity contribution is -0.134. The standard InChI is InChI=1S/C7H13N.C2H4O2/c1-7(2)8-5-3-4-6-8;1-2(3)4/h1,3-6H2,2H3;1H3,(H,3,4). The second-order valence-electron chi connectivity index (χ2n) is 2.95. The van der Waals surface area contributed by atoms with Gasteiger partial charge in [-0.15, -0.1) is 0 Å². The second-order valence-corrected chi connectivity index (χ2v) is 2.95. The molecule has 0 spiro atoms. The maximum atomic E-state index is 9.00. The summed E-state index contributed by atoms with van der Waals surface area (Å²) in [5, 5.41) is 7.42. The molecule has 12 heavy (non-hydrogen) atoms. The van der Waals surface area contributed by atoms with Gasteiger partial charge >= 0.3 is 0 Å². The fourth-order valence-electron chi connectivity index (χ4n) is 1.10. The number of rotatable bonds is 1. The van der Waals surface area contributed by atoms with Gasteiger partial charge in [-0.05, 0) is 19.8 Å². The van der Waals surface area contributed by atoms with Gasteiger partial charge in [0.25, 0.3) is 5.97 Å². The third kappa shape index (κ3) is 5.77. The van der Waals surface area contributed by atoms with Crippen molar-refractivity contribution in [3.8, 4) is 0 Å². The van der Waals surface area contributed by atoms with Crippen molar-refractivity contribution in [2.75, 3.05) is 13.1 Å². The maximum Gasteiger partial charge on any atom is 0.300 e. The van der Waals surface area contributed by atoms with E-state index in [1.54, 1.807) is 0 Å². The molecule has 1 saturated heterocycles. The Kier molecular flexibility index (Phi) is 5.17. The van der Waals surface area contributed by atoms with Crippen LogP contribution in [0.4, 0.5) is 0 Å². The quantitative estimate of drug-likeness (QED) is 0.653. The van der Waals surface area contributed by atoms with E-state index in [0.717, 1.165) is 6.92 Å². The van der Waals surface area contributed by atoms with Gasteiger partial charge in [-0.1, -0.05) is 6.58 Å². The van der Waals surface area contributed by atoms with E-state index < -0.39 is 5.97 Å². The normalized spacial score (nSPS) is 15.0. The Bertz CT molecular complexity index is 156. The highest BCUT2D eigenvalue weighted by Crippen LogP contribution is 2.11. The molecule has 1 aliphatic heterocycles. The van der Waals surface area contributed by atoms with Crippen LogP contribution in [0.2, 0.25) is 0 Å². The summed E-state index contributed by atoms with van der Waals surface area (Å²) in [6, 6.07) is 0. The molecule has 1 rings (SSSR count). The third-order valence-corrected chi connectivity index (χ3v) is 1.65. The number of allylic oxidation sites excluding steroid dienone is 1. The molecule has 0 aromatic heterocycles. The predicted octanol–water partition coefficient (Wildman–Crippen LogP) is 1.71. The Morgan fingerprint density at radius 1 is 1.33 bits per heavy atom. The summed E-state index contributed by atoms with van der Waals surface area (Å²) in [5.74, 6) is -0.833. The molecular weight excluding hydrogens is 154 g/mol. The van der Waals surface area contributed by atoms with E-state index in [0.29, 0.717) is 0 Å². The van der Waals surface area contributed by atoms with Crippen LogP contribution in [0.1, 0.15) is 26.7 Å². The number of carboxylic acids is 1. The van der Waals surface area contributed by atoms with Gasteiger partial charge in [-0.2, -0.15) is 0 Å². The summed E-state index contributed by atoms with van der Waals surface area (Å²) in [5.41, 5.74) is 1.22. The van der Waals surface area contributed by atoms with Gasteiger partial charge in [0.15, 0.2) is 0 Å². The van der Waals surface area contributed by atoms with Crippen LogP contribution < -0.4 is 0 Å². The van der Waals surface area contributed by atoms with E-state index in [9.17, 15) is 0 Å². The van der Waals surface area contributed by atoms with Crippen molar-refractivity contribution in [3.63, 3.8) is 0 Å². The maximum absolute atomic E-state index is 9.00. The number of nitrogens with zero attached hydrogens (tertiary/aromatic N) is 1. The molecule has 0 aromatic rings. The molecule has 3 heteroatoms. The molecular formula is C9H17NO2. The number of carboxylic acid groups (broad SMARTS) is 1. The van der Waals surface area contributed by atoms with Crippen molar-refractivity contribution in [2.24, 2.45) is 0 Å². The van der Waals surface area contributed by atoms with E-state index >= 15 is 0 Å². The van der Waals surface area contributed by atoms with Gasteiger partial charge in [0.2, 0.25) is 0 Å². The molecule has 0 saturated carbocycles. The number of hydrogen-bond donors (Lipinski definition) is 1. The summed E-state index contributed by atoms with van der Waals surface area (Å²) in [4.78, 5) is 11.3. The first-order valence-electron chi connectivity index (χ1n) is 4.14. The van der Waals surface area contributed by atoms with Gasteiger partial charge in [0.1, 0.15) is 0 Å². The summed E-state index contributed by atoms with van der Waals surface area (Å²) < 4.78 is 0. The summed E-state index contributed by atoms with van der Waals surface area (Å²) in [7, 11) is 0. The van der Waals surface area contributed by atoms with Gasteiger partial charge in [0, 0.05) is 25.7 Å². The van der Waals surface area contributed by atoms with Crippen molar-refractivity contribution in [1.82, 2.24) is 4.90 Å². The van der Waals surface area contributed by atoms with Crippen LogP contribution in [-0.2, 0) is 4.79 Å². The fraction of sp³-hybridized carbons (Fsp3) is 0.667. The monoisotopic (exact) mass is 171 g/mol. The predicted molar refractivity (Wildman–Crippen MR) is 48.9 cm³/mol. The van der Waals surface area contributed by atoms with Gasteiger partial charge in [-0.3, -0.25) is 4.79 Å². The highest BCUT2D eigenvalue weighted by atomic mass is 16.4. The topological polar surface area (TPSA) is 40.5 Å². The van der Waals surface area contributed by atoms with Crippen LogP contribution in [0.3, 0.4) is 0 Å². The SMILES string of the molecule is C=C(C)N1CCCC1.CC(=O)O. The lowest BCUT2D eigenvalue weighted by Gasteiger charge is -2.15. The van der Waals surface area contributed by atoms with Crippen LogP contribution in [0.25, 0.3) is 0 Å². The number of likely N-dealkylation sites (tertiary alicyclic amines) is 1. The first-order valence-corrected chi connectivity index (χ1v) is 4.14. The van der Waals surface area contributed by atoms with Crippen molar-refractivity contribution in [1.29, 1.82) is 0 Å². The third-order valence-electron chi connectivity index (χ3n) is 1.65. The minimum Gasteiger partial charge on any atom is -0.481 e. The molecule has 0 radical (unpaired) electrons. The smallest absolute Gasteiger partial charge is 0.300 e. The van der Waals surface area contributed by atoms with Crippen LogP contribution >= 0.6 is 0 Å². The molecule has 0 bridgehead atoms. The molecule has 1 aliphatic rings. The average Bonchev–Trinajstić information content (AvgIpc) is 2.34. The van der Waals surface area contributed by atoms with Crippen LogP contribution in [0, 0.1) is 0 Å². The summed E-state index contributed by atoms with van der Waals surface area (Å²) in [6.07, 6.45) is 2.71. The molecule has 1 heterocycles. The van der Waals surface area contributed by atoms with E-state index in [1.165, 1.54) is 31.6 Å². The van der Waals surface area contributed by atoms with E-state index in [2.05, 4.69) is 18.4 Å². The molecule has 0 unspecified atom stereocenters. The van der Waals surface area contributed by atoms with Crippen molar-refractivity contribution in [3.05, 3.63) is 12.3 Å². The zero-order valence-corrected chi connectivity index (χ0v) is 7.84. The van der Waals surface area contributed by atoms with Gasteiger partial charge in [-0.25, -0.2) is 0 Å². The van der Waals surface area contributed by atoms with Crippen LogP contribution in [-0.4, -0.2) is 29.1 Å². The Balaban J connectivity index is 0.000000261. The van der Waals surface area contributed by atoms with Crippen molar-refractivity contribution >= 4 is 5.97 Å². The molecule has 3 nitrogen and oxygen atoms in total. The van der Waals surface area contributed by atoms with Crippen LogP contribution in [0.15, 0.2) is 12.3 Å². The number of aliphatic carboxylic acids is 1.